The molecule has 0 fully saturated rings. The van der Waals surface area contributed by atoms with Crippen molar-refractivity contribution in [3.05, 3.63) is 63.6 Å². The average molecular weight is 404 g/mol. The lowest BCUT2D eigenvalue weighted by Crippen LogP contribution is -2.12. The number of benzene rings is 2. The van der Waals surface area contributed by atoms with E-state index in [1.165, 1.54) is 18.4 Å². The summed E-state index contributed by atoms with van der Waals surface area (Å²) in [6, 6.07) is 12.4. The molecular weight excluding hydrogens is 386 g/mol. The SMILES string of the molecule is CCc1nnc(NC(=O)c2ccc(OCc3ccccc3Cl)c(OC)c2)s1. The van der Waals surface area contributed by atoms with Crippen molar-refractivity contribution in [3.8, 4) is 11.5 Å². The van der Waals surface area contributed by atoms with Crippen LogP contribution < -0.4 is 14.8 Å². The number of halogens is 1. The van der Waals surface area contributed by atoms with Crippen LogP contribution in [0.2, 0.25) is 5.02 Å². The summed E-state index contributed by atoms with van der Waals surface area (Å²) in [4.78, 5) is 12.4. The number of methoxy groups -OCH3 is 1. The van der Waals surface area contributed by atoms with Crippen LogP contribution in [0.4, 0.5) is 5.13 Å². The van der Waals surface area contributed by atoms with Crippen molar-refractivity contribution in [2.75, 3.05) is 12.4 Å². The number of amides is 1. The minimum atomic E-state index is -0.287. The van der Waals surface area contributed by atoms with E-state index in [4.69, 9.17) is 21.1 Å². The van der Waals surface area contributed by atoms with Crippen molar-refractivity contribution in [1.29, 1.82) is 0 Å². The number of hydrogen-bond donors (Lipinski definition) is 1. The maximum Gasteiger partial charge on any atom is 0.257 e. The van der Waals surface area contributed by atoms with Gasteiger partial charge in [-0.25, -0.2) is 0 Å². The Morgan fingerprint density at radius 3 is 2.70 bits per heavy atom. The van der Waals surface area contributed by atoms with Crippen molar-refractivity contribution in [1.82, 2.24) is 10.2 Å². The third kappa shape index (κ3) is 4.75. The average Bonchev–Trinajstić information content (AvgIpc) is 3.14. The van der Waals surface area contributed by atoms with Crippen LogP contribution in [0.3, 0.4) is 0 Å². The van der Waals surface area contributed by atoms with Gasteiger partial charge in [-0.3, -0.25) is 10.1 Å². The van der Waals surface area contributed by atoms with E-state index in [-0.39, 0.29) is 5.91 Å². The van der Waals surface area contributed by atoms with E-state index in [0.29, 0.717) is 33.8 Å². The second-order valence-corrected chi connectivity index (χ2v) is 7.02. The maximum atomic E-state index is 12.4. The molecule has 1 amide bonds. The molecule has 8 heteroatoms. The lowest BCUT2D eigenvalue weighted by atomic mass is 10.2. The van der Waals surface area contributed by atoms with Crippen molar-refractivity contribution >= 4 is 34.0 Å². The zero-order valence-electron chi connectivity index (χ0n) is 14.9. The second-order valence-electron chi connectivity index (χ2n) is 5.55. The van der Waals surface area contributed by atoms with Crippen LogP contribution in [0.15, 0.2) is 42.5 Å². The molecule has 1 heterocycles. The van der Waals surface area contributed by atoms with Gasteiger partial charge in [0.1, 0.15) is 11.6 Å². The molecule has 2 aromatic carbocycles. The fourth-order valence-electron chi connectivity index (χ4n) is 2.32. The molecule has 0 radical (unpaired) electrons. The molecule has 0 saturated carbocycles. The maximum absolute atomic E-state index is 12.4. The summed E-state index contributed by atoms with van der Waals surface area (Å²) in [7, 11) is 1.53. The Bertz CT molecular complexity index is 945. The van der Waals surface area contributed by atoms with Gasteiger partial charge in [-0.1, -0.05) is 48.1 Å². The van der Waals surface area contributed by atoms with Gasteiger partial charge in [0.25, 0.3) is 5.91 Å². The van der Waals surface area contributed by atoms with Gasteiger partial charge >= 0.3 is 0 Å². The molecule has 0 aliphatic carbocycles. The molecule has 0 aliphatic rings. The Morgan fingerprint density at radius 1 is 1.19 bits per heavy atom. The molecule has 140 valence electrons. The predicted octanol–water partition coefficient (Wildman–Crippen LogP) is 4.59. The first kappa shape index (κ1) is 19.1. The largest absolute Gasteiger partial charge is 0.493 e. The van der Waals surface area contributed by atoms with Gasteiger partial charge in [-0.05, 0) is 30.7 Å². The molecule has 6 nitrogen and oxygen atoms in total. The smallest absolute Gasteiger partial charge is 0.257 e. The van der Waals surface area contributed by atoms with E-state index in [1.54, 1.807) is 18.2 Å². The van der Waals surface area contributed by atoms with Crippen LogP contribution in [-0.2, 0) is 13.0 Å². The number of aromatic nitrogens is 2. The molecule has 1 aromatic heterocycles. The van der Waals surface area contributed by atoms with E-state index in [0.717, 1.165) is 17.0 Å². The lowest BCUT2D eigenvalue weighted by molar-refractivity contribution is 0.102. The standard InChI is InChI=1S/C19H18ClN3O3S/c1-3-17-22-23-19(27-17)21-18(24)12-8-9-15(16(10-12)25-2)26-11-13-6-4-5-7-14(13)20/h4-10H,3,11H2,1-2H3,(H,21,23,24). The normalized spacial score (nSPS) is 10.5. The van der Waals surface area contributed by atoms with Crippen molar-refractivity contribution in [3.63, 3.8) is 0 Å². The summed E-state index contributed by atoms with van der Waals surface area (Å²) >= 11 is 7.50. The van der Waals surface area contributed by atoms with Gasteiger partial charge in [0.2, 0.25) is 5.13 Å². The molecular formula is C19H18ClN3O3S. The highest BCUT2D eigenvalue weighted by Crippen LogP contribution is 2.30. The number of hydrogen-bond acceptors (Lipinski definition) is 6. The summed E-state index contributed by atoms with van der Waals surface area (Å²) in [5, 5.41) is 12.7. The molecule has 0 spiro atoms. The molecule has 27 heavy (non-hydrogen) atoms. The summed E-state index contributed by atoms with van der Waals surface area (Å²) in [6.07, 6.45) is 0.777. The number of nitrogens with zero attached hydrogens (tertiary/aromatic N) is 2. The van der Waals surface area contributed by atoms with Crippen LogP contribution >= 0.6 is 22.9 Å². The Morgan fingerprint density at radius 2 is 2.00 bits per heavy atom. The van der Waals surface area contributed by atoms with E-state index < -0.39 is 0 Å². The quantitative estimate of drug-likeness (QED) is 0.624. The minimum Gasteiger partial charge on any atom is -0.493 e. The van der Waals surface area contributed by atoms with Crippen LogP contribution in [0.25, 0.3) is 0 Å². The van der Waals surface area contributed by atoms with Gasteiger partial charge in [-0.15, -0.1) is 10.2 Å². The van der Waals surface area contributed by atoms with Crippen molar-refractivity contribution < 1.29 is 14.3 Å². The first-order valence-corrected chi connectivity index (χ1v) is 9.48. The first-order chi connectivity index (χ1) is 13.1. The van der Waals surface area contributed by atoms with Crippen LogP contribution in [0, 0.1) is 0 Å². The molecule has 0 unspecified atom stereocenters. The molecule has 0 aliphatic heterocycles. The summed E-state index contributed by atoms with van der Waals surface area (Å²) in [6.45, 7) is 2.28. The van der Waals surface area contributed by atoms with Gasteiger partial charge in [0, 0.05) is 16.1 Å². The number of ether oxygens (including phenoxy) is 2. The van der Waals surface area contributed by atoms with Gasteiger partial charge in [0.15, 0.2) is 11.5 Å². The fraction of sp³-hybridized carbons (Fsp3) is 0.211. The van der Waals surface area contributed by atoms with Gasteiger partial charge in [-0.2, -0.15) is 0 Å². The Kier molecular flexibility index (Phi) is 6.26. The molecule has 3 rings (SSSR count). The molecule has 3 aromatic rings. The third-order valence-corrected chi connectivity index (χ3v) is 5.11. The van der Waals surface area contributed by atoms with Gasteiger partial charge < -0.3 is 9.47 Å². The number of carbonyl (C=O) groups excluding carboxylic acids is 1. The highest BCUT2D eigenvalue weighted by atomic mass is 35.5. The third-order valence-electron chi connectivity index (χ3n) is 3.76. The van der Waals surface area contributed by atoms with Crippen LogP contribution in [0.5, 0.6) is 11.5 Å². The molecule has 0 atom stereocenters. The second kappa shape index (κ2) is 8.83. The lowest BCUT2D eigenvalue weighted by Gasteiger charge is -2.12. The monoisotopic (exact) mass is 403 g/mol. The van der Waals surface area contributed by atoms with E-state index >= 15 is 0 Å². The number of carbonyl (C=O) groups is 1. The number of anilines is 1. The summed E-state index contributed by atoms with van der Waals surface area (Å²) < 4.78 is 11.2. The zero-order valence-corrected chi connectivity index (χ0v) is 16.4. The van der Waals surface area contributed by atoms with Crippen LogP contribution in [0.1, 0.15) is 27.9 Å². The Hall–Kier alpha value is -2.64. The highest BCUT2D eigenvalue weighted by Gasteiger charge is 2.14. The topological polar surface area (TPSA) is 73.3 Å². The molecule has 1 N–H and O–H groups in total. The Labute approximate surface area is 166 Å². The number of aryl methyl sites for hydroxylation is 1. The Balaban J connectivity index is 1.71. The van der Waals surface area contributed by atoms with E-state index in [1.807, 2.05) is 31.2 Å². The van der Waals surface area contributed by atoms with Crippen molar-refractivity contribution in [2.45, 2.75) is 20.0 Å². The fourth-order valence-corrected chi connectivity index (χ4v) is 3.18. The van der Waals surface area contributed by atoms with E-state index in [2.05, 4.69) is 15.5 Å². The zero-order chi connectivity index (χ0) is 19.2. The highest BCUT2D eigenvalue weighted by molar-refractivity contribution is 7.15. The predicted molar refractivity (Wildman–Crippen MR) is 106 cm³/mol. The van der Waals surface area contributed by atoms with Gasteiger partial charge in [0.05, 0.1) is 7.11 Å². The number of rotatable bonds is 7. The van der Waals surface area contributed by atoms with Crippen molar-refractivity contribution in [2.24, 2.45) is 0 Å². The summed E-state index contributed by atoms with van der Waals surface area (Å²) in [5.74, 6) is 0.698. The first-order valence-electron chi connectivity index (χ1n) is 8.28. The molecule has 0 saturated heterocycles. The molecule has 0 bridgehead atoms. The summed E-state index contributed by atoms with van der Waals surface area (Å²) in [5.41, 5.74) is 1.30. The van der Waals surface area contributed by atoms with Crippen LogP contribution in [-0.4, -0.2) is 23.2 Å². The van der Waals surface area contributed by atoms with E-state index in [9.17, 15) is 4.79 Å². The minimum absolute atomic E-state index is 0.287. The number of nitrogens with one attached hydrogen (secondary N) is 1.